The van der Waals surface area contributed by atoms with Crippen LogP contribution < -0.4 is 12.3 Å². The normalized spacial score (nSPS) is 11.7. The molecule has 4 heteroatoms. The average Bonchev–Trinajstić information content (AvgIpc) is 2.60. The molecule has 2 nitrogen and oxygen atoms in total. The van der Waals surface area contributed by atoms with Gasteiger partial charge in [0.15, 0.2) is 0 Å². The highest BCUT2D eigenvalue weighted by atomic mass is 35.5. The van der Waals surface area contributed by atoms with Crippen molar-refractivity contribution < 1.29 is 0 Å². The Balaban J connectivity index is -0.000000521. The predicted molar refractivity (Wildman–Crippen MR) is 146 cm³/mol. The van der Waals surface area contributed by atoms with Gasteiger partial charge >= 0.3 is 0 Å². The Morgan fingerprint density at radius 2 is 0.767 bits per heavy atom. The summed E-state index contributed by atoms with van der Waals surface area (Å²) in [7, 11) is 0. The zero-order chi connectivity index (χ0) is 19.7. The summed E-state index contributed by atoms with van der Waals surface area (Å²) < 4.78 is 0. The van der Waals surface area contributed by atoms with E-state index in [4.69, 9.17) is 0 Å². The van der Waals surface area contributed by atoms with Crippen molar-refractivity contribution in [3.05, 3.63) is 0 Å². The van der Waals surface area contributed by atoms with Crippen LogP contribution in [0.1, 0.15) is 151 Å². The maximum absolute atomic E-state index is 2.46. The van der Waals surface area contributed by atoms with E-state index in [2.05, 4.69) is 41.5 Å². The van der Waals surface area contributed by atoms with Crippen LogP contribution in [-0.4, -0.2) is 0 Å². The molecule has 0 aromatic rings. The van der Waals surface area contributed by atoms with Crippen molar-refractivity contribution in [1.82, 2.24) is 12.3 Å². The quantitative estimate of drug-likeness (QED) is 0.183. The fourth-order valence-corrected chi connectivity index (χ4v) is 3.94. The van der Waals surface area contributed by atoms with E-state index in [1.165, 1.54) is 109 Å². The first-order valence-electron chi connectivity index (χ1n) is 12.4. The van der Waals surface area contributed by atoms with Crippen molar-refractivity contribution in [2.75, 3.05) is 0 Å². The first kappa shape index (κ1) is 40.8. The molecule has 1 atom stereocenters. The Kier molecular flexibility index (Phi) is 37.5. The van der Waals surface area contributed by atoms with Crippen molar-refractivity contribution in [3.8, 4) is 0 Å². The molecule has 0 aliphatic rings. The average molecular weight is 474 g/mol. The van der Waals surface area contributed by atoms with Crippen LogP contribution in [0, 0.1) is 17.3 Å². The number of rotatable bonds is 19. The van der Waals surface area contributed by atoms with Crippen molar-refractivity contribution >= 4 is 24.8 Å². The zero-order valence-electron chi connectivity index (χ0n) is 21.9. The summed E-state index contributed by atoms with van der Waals surface area (Å²) in [6.45, 7) is 14.4. The second kappa shape index (κ2) is 27.5. The van der Waals surface area contributed by atoms with Crippen LogP contribution in [0.5, 0.6) is 0 Å². The molecule has 0 rings (SSSR count). The molecule has 0 radical (unpaired) electrons. The van der Waals surface area contributed by atoms with E-state index >= 15 is 0 Å². The maximum atomic E-state index is 2.46. The van der Waals surface area contributed by atoms with Crippen LogP contribution in [0.4, 0.5) is 0 Å². The third kappa shape index (κ3) is 23.2. The molecule has 0 aliphatic heterocycles. The minimum atomic E-state index is 0. The van der Waals surface area contributed by atoms with Gasteiger partial charge in [0.2, 0.25) is 0 Å². The van der Waals surface area contributed by atoms with E-state index < -0.39 is 0 Å². The molecule has 0 heterocycles. The lowest BCUT2D eigenvalue weighted by molar-refractivity contribution is 0.140. The lowest BCUT2D eigenvalue weighted by Gasteiger charge is -2.36. The minimum Gasteiger partial charge on any atom is -0.344 e. The monoisotopic (exact) mass is 472 g/mol. The van der Waals surface area contributed by atoms with Crippen LogP contribution >= 0.6 is 24.8 Å². The van der Waals surface area contributed by atoms with E-state index in [-0.39, 0.29) is 37.1 Å². The van der Waals surface area contributed by atoms with Gasteiger partial charge < -0.3 is 12.3 Å². The number of hydrogen-bond acceptors (Lipinski definition) is 2. The molecule has 0 spiro atoms. The minimum absolute atomic E-state index is 0. The fourth-order valence-electron chi connectivity index (χ4n) is 3.94. The molecule has 190 valence electrons. The smallest absolute Gasteiger partial charge is 0.0305 e. The van der Waals surface area contributed by atoms with Gasteiger partial charge in [0.1, 0.15) is 0 Å². The summed E-state index contributed by atoms with van der Waals surface area (Å²) in [5.41, 5.74) is 0.496. The third-order valence-electron chi connectivity index (χ3n) is 7.25. The van der Waals surface area contributed by atoms with Gasteiger partial charge in [-0.25, -0.2) is 0 Å². The van der Waals surface area contributed by atoms with Crippen molar-refractivity contribution in [2.45, 2.75) is 151 Å². The fraction of sp³-hybridized carbons (Fsp3) is 1.00. The predicted octanol–water partition coefficient (Wildman–Crippen LogP) is 11.1. The third-order valence-corrected chi connectivity index (χ3v) is 7.25. The molecule has 1 unspecified atom stereocenters. The molecule has 0 fully saturated rings. The second-order valence-corrected chi connectivity index (χ2v) is 9.97. The number of hydrogen-bond donors (Lipinski definition) is 2. The van der Waals surface area contributed by atoms with Gasteiger partial charge in [0, 0.05) is 0 Å². The van der Waals surface area contributed by atoms with Crippen LogP contribution in [0.15, 0.2) is 0 Å². The van der Waals surface area contributed by atoms with Gasteiger partial charge in [-0.1, -0.05) is 151 Å². The second-order valence-electron chi connectivity index (χ2n) is 9.97. The number of halogens is 2. The summed E-state index contributed by atoms with van der Waals surface area (Å²) in [6.07, 6.45) is 24.8. The van der Waals surface area contributed by atoms with Crippen molar-refractivity contribution in [1.29, 1.82) is 0 Å². The Morgan fingerprint density at radius 3 is 1.03 bits per heavy atom. The van der Waals surface area contributed by atoms with Gasteiger partial charge in [-0.3, -0.25) is 0 Å². The SMILES string of the molecule is CCCCCCCCCCCCCCCCCCC(C)C(C)(C)C(C)C.Cl.Cl.N.N. The van der Waals surface area contributed by atoms with E-state index in [0.717, 1.165) is 11.8 Å². The van der Waals surface area contributed by atoms with Crippen LogP contribution in [0.3, 0.4) is 0 Å². The van der Waals surface area contributed by atoms with Crippen molar-refractivity contribution in [2.24, 2.45) is 17.3 Å². The topological polar surface area (TPSA) is 70.0 Å². The zero-order valence-corrected chi connectivity index (χ0v) is 23.5. The Morgan fingerprint density at radius 1 is 0.500 bits per heavy atom. The van der Waals surface area contributed by atoms with Crippen LogP contribution in [-0.2, 0) is 0 Å². The van der Waals surface area contributed by atoms with E-state index in [9.17, 15) is 0 Å². The van der Waals surface area contributed by atoms with E-state index in [1.807, 2.05) is 0 Å². The molecular weight excluding hydrogens is 411 g/mol. The lowest BCUT2D eigenvalue weighted by Crippen LogP contribution is -2.27. The molecule has 30 heavy (non-hydrogen) atoms. The number of unbranched alkanes of at least 4 members (excludes halogenated alkanes) is 15. The molecule has 0 bridgehead atoms. The Bertz CT molecular complexity index is 297. The maximum Gasteiger partial charge on any atom is -0.0305 e. The standard InChI is InChI=1S/C26H54.2ClH.2H3N/c1-7-8-9-10-11-12-13-14-15-16-17-18-19-20-21-22-23-25(4)26(5,6)24(2)3;;;;/h24-25H,7-23H2,1-6H3;2*1H;2*1H3. The lowest BCUT2D eigenvalue weighted by atomic mass is 9.70. The highest BCUT2D eigenvalue weighted by Crippen LogP contribution is 2.37. The summed E-state index contributed by atoms with van der Waals surface area (Å²) in [4.78, 5) is 0. The molecule has 0 aliphatic carbocycles. The molecular formula is C26H62Cl2N2. The summed E-state index contributed by atoms with van der Waals surface area (Å²) in [5, 5.41) is 0. The van der Waals surface area contributed by atoms with Gasteiger partial charge in [-0.2, -0.15) is 0 Å². The molecule has 6 N–H and O–H groups in total. The van der Waals surface area contributed by atoms with Gasteiger partial charge in [-0.05, 0) is 17.3 Å². The molecule has 0 amide bonds. The van der Waals surface area contributed by atoms with Gasteiger partial charge in [-0.15, -0.1) is 24.8 Å². The van der Waals surface area contributed by atoms with E-state index in [0.29, 0.717) is 5.41 Å². The Hall–Kier alpha value is 0.500. The highest BCUT2D eigenvalue weighted by molar-refractivity contribution is 5.85. The first-order chi connectivity index (χ1) is 12.4. The highest BCUT2D eigenvalue weighted by Gasteiger charge is 2.28. The first-order valence-corrected chi connectivity index (χ1v) is 12.4. The summed E-state index contributed by atoms with van der Waals surface area (Å²) in [5.74, 6) is 1.65. The Labute approximate surface area is 204 Å². The van der Waals surface area contributed by atoms with Gasteiger partial charge in [0.05, 0.1) is 0 Å². The van der Waals surface area contributed by atoms with Gasteiger partial charge in [0.25, 0.3) is 0 Å². The summed E-state index contributed by atoms with van der Waals surface area (Å²) in [6, 6.07) is 0. The molecule has 0 aromatic heterocycles. The molecule has 0 aromatic carbocycles. The molecule has 0 saturated carbocycles. The summed E-state index contributed by atoms with van der Waals surface area (Å²) >= 11 is 0. The largest absolute Gasteiger partial charge is 0.344 e. The van der Waals surface area contributed by atoms with E-state index in [1.54, 1.807) is 0 Å². The van der Waals surface area contributed by atoms with Crippen LogP contribution in [0.2, 0.25) is 0 Å². The molecule has 0 saturated heterocycles. The van der Waals surface area contributed by atoms with Crippen molar-refractivity contribution in [3.63, 3.8) is 0 Å². The van der Waals surface area contributed by atoms with Crippen LogP contribution in [0.25, 0.3) is 0 Å².